The van der Waals surface area contributed by atoms with Gasteiger partial charge in [0.1, 0.15) is 5.69 Å². The van der Waals surface area contributed by atoms with Crippen LogP contribution in [-0.4, -0.2) is 53.3 Å². The van der Waals surface area contributed by atoms with Gasteiger partial charge in [-0.05, 0) is 69.5 Å². The van der Waals surface area contributed by atoms with Gasteiger partial charge < -0.3 is 9.80 Å². The molecule has 0 unspecified atom stereocenters. The first-order chi connectivity index (χ1) is 14.9. The lowest BCUT2D eigenvalue weighted by atomic mass is 10.0. The molecule has 31 heavy (non-hydrogen) atoms. The van der Waals surface area contributed by atoms with E-state index in [4.69, 9.17) is 5.10 Å². The fourth-order valence-electron chi connectivity index (χ4n) is 4.34. The molecule has 0 radical (unpaired) electrons. The molecule has 0 aliphatic carbocycles. The third-order valence-electron chi connectivity index (χ3n) is 6.57. The average molecular weight is 418 g/mol. The van der Waals surface area contributed by atoms with E-state index in [0.717, 1.165) is 55.2 Å². The highest BCUT2D eigenvalue weighted by molar-refractivity contribution is 5.94. The Morgan fingerprint density at radius 3 is 2.32 bits per heavy atom. The van der Waals surface area contributed by atoms with E-state index in [-0.39, 0.29) is 5.91 Å². The van der Waals surface area contributed by atoms with Crippen LogP contribution in [0.5, 0.6) is 0 Å². The molecule has 5 heteroatoms. The maximum Gasteiger partial charge on any atom is 0.273 e. The summed E-state index contributed by atoms with van der Waals surface area (Å²) in [5, 5.41) is 4.92. The van der Waals surface area contributed by atoms with Crippen LogP contribution in [0.1, 0.15) is 39.7 Å². The van der Waals surface area contributed by atoms with Crippen molar-refractivity contribution in [3.63, 3.8) is 0 Å². The first kappa shape index (κ1) is 21.3. The summed E-state index contributed by atoms with van der Waals surface area (Å²) in [5.74, 6) is 0.0673. The predicted octanol–water partition coefficient (Wildman–Crippen LogP) is 3.13. The van der Waals surface area contributed by atoms with Gasteiger partial charge in [0, 0.05) is 5.56 Å². The Hall–Kier alpha value is -2.92. The predicted molar refractivity (Wildman–Crippen MR) is 125 cm³/mol. The monoisotopic (exact) mass is 417 g/mol. The van der Waals surface area contributed by atoms with E-state index in [1.54, 1.807) is 4.90 Å². The number of hydrogen-bond donors (Lipinski definition) is 1. The summed E-state index contributed by atoms with van der Waals surface area (Å²) in [7, 11) is 0. The van der Waals surface area contributed by atoms with Crippen molar-refractivity contribution in [2.75, 3.05) is 32.7 Å². The van der Waals surface area contributed by atoms with Gasteiger partial charge in [-0.15, -0.1) is 0 Å². The third kappa shape index (κ3) is 4.28. The lowest BCUT2D eigenvalue weighted by molar-refractivity contribution is -0.902. The van der Waals surface area contributed by atoms with Crippen LogP contribution in [0, 0.1) is 27.7 Å². The quantitative estimate of drug-likeness (QED) is 0.709. The first-order valence-corrected chi connectivity index (χ1v) is 11.3. The molecule has 0 atom stereocenters. The zero-order valence-corrected chi connectivity index (χ0v) is 19.3. The number of quaternary nitrogens is 1. The molecule has 1 aliphatic heterocycles. The molecule has 1 N–H and O–H groups in total. The van der Waals surface area contributed by atoms with Crippen LogP contribution in [0.15, 0.2) is 42.5 Å². The van der Waals surface area contributed by atoms with Gasteiger partial charge in [0.2, 0.25) is 0 Å². The number of carbonyl (C=O) groups is 1. The zero-order chi connectivity index (χ0) is 22.1. The fraction of sp³-hybridized carbons (Fsp3) is 0.385. The summed E-state index contributed by atoms with van der Waals surface area (Å²) in [5.41, 5.74) is 8.28. The largest absolute Gasteiger partial charge is 0.332 e. The van der Waals surface area contributed by atoms with Crippen molar-refractivity contribution in [2.24, 2.45) is 0 Å². The zero-order valence-electron chi connectivity index (χ0n) is 19.3. The molecular formula is C26H33N4O+. The highest BCUT2D eigenvalue weighted by atomic mass is 16.2. The fourth-order valence-corrected chi connectivity index (χ4v) is 4.34. The molecule has 1 saturated heterocycles. The molecule has 3 aromatic rings. The van der Waals surface area contributed by atoms with E-state index in [2.05, 4.69) is 71.0 Å². The highest BCUT2D eigenvalue weighted by Gasteiger charge is 2.27. The molecular weight excluding hydrogens is 384 g/mol. The summed E-state index contributed by atoms with van der Waals surface area (Å²) in [6.07, 6.45) is 0. The molecule has 1 aromatic heterocycles. The minimum atomic E-state index is 0.0673. The van der Waals surface area contributed by atoms with Gasteiger partial charge in [-0.3, -0.25) is 4.79 Å². The molecule has 162 valence electrons. The second kappa shape index (κ2) is 8.67. The molecule has 1 amide bonds. The van der Waals surface area contributed by atoms with Crippen LogP contribution in [0.4, 0.5) is 0 Å². The van der Waals surface area contributed by atoms with E-state index < -0.39 is 0 Å². The first-order valence-electron chi connectivity index (χ1n) is 11.3. The van der Waals surface area contributed by atoms with Gasteiger partial charge in [0.25, 0.3) is 5.91 Å². The van der Waals surface area contributed by atoms with E-state index in [1.165, 1.54) is 16.7 Å². The molecule has 0 spiro atoms. The van der Waals surface area contributed by atoms with E-state index >= 15 is 0 Å². The summed E-state index contributed by atoms with van der Waals surface area (Å²) < 4.78 is 1.85. The Morgan fingerprint density at radius 1 is 0.935 bits per heavy atom. The Kier molecular flexibility index (Phi) is 5.96. The van der Waals surface area contributed by atoms with Crippen molar-refractivity contribution in [1.82, 2.24) is 14.7 Å². The van der Waals surface area contributed by atoms with Crippen LogP contribution in [0.2, 0.25) is 0 Å². The third-order valence-corrected chi connectivity index (χ3v) is 6.57. The van der Waals surface area contributed by atoms with Crippen LogP contribution < -0.4 is 4.90 Å². The standard InChI is InChI=1S/C26H32N4O/c1-6-28-11-13-29(14-12-28)26(31)25-17-23(22-9-8-19(3)20(4)16-22)27-30(25)24-10-7-18(2)15-21(24)5/h7-10,15-17H,6,11-14H2,1-5H3/p+1. The van der Waals surface area contributed by atoms with E-state index in [9.17, 15) is 4.79 Å². The van der Waals surface area contributed by atoms with Crippen molar-refractivity contribution in [3.8, 4) is 16.9 Å². The van der Waals surface area contributed by atoms with Gasteiger partial charge >= 0.3 is 0 Å². The SMILES string of the molecule is CC[NH+]1CCN(C(=O)c2cc(-c3ccc(C)c(C)c3)nn2-c2ccc(C)cc2C)CC1. The van der Waals surface area contributed by atoms with E-state index in [1.807, 2.05) is 15.6 Å². The molecule has 0 bridgehead atoms. The Bertz CT molecular complexity index is 1110. The Balaban J connectivity index is 1.77. The maximum atomic E-state index is 13.6. The number of carbonyl (C=O) groups excluding carboxylic acids is 1. The Morgan fingerprint density at radius 2 is 1.68 bits per heavy atom. The molecule has 2 heterocycles. The van der Waals surface area contributed by atoms with Crippen LogP contribution >= 0.6 is 0 Å². The van der Waals surface area contributed by atoms with Crippen LogP contribution in [0.3, 0.4) is 0 Å². The summed E-state index contributed by atoms with van der Waals surface area (Å²) in [6, 6.07) is 14.6. The van der Waals surface area contributed by atoms with Crippen molar-refractivity contribution < 1.29 is 9.69 Å². The molecule has 5 nitrogen and oxygen atoms in total. The van der Waals surface area contributed by atoms with Gasteiger partial charge in [-0.2, -0.15) is 5.10 Å². The number of aromatic nitrogens is 2. The minimum absolute atomic E-state index is 0.0673. The molecule has 1 aliphatic rings. The summed E-state index contributed by atoms with van der Waals surface area (Å²) in [4.78, 5) is 17.1. The smallest absolute Gasteiger partial charge is 0.273 e. The number of amides is 1. The number of rotatable bonds is 4. The maximum absolute atomic E-state index is 13.6. The van der Waals surface area contributed by atoms with Crippen molar-refractivity contribution in [1.29, 1.82) is 0 Å². The van der Waals surface area contributed by atoms with Crippen LogP contribution in [0.25, 0.3) is 16.9 Å². The van der Waals surface area contributed by atoms with Gasteiger partial charge in [0.15, 0.2) is 0 Å². The minimum Gasteiger partial charge on any atom is -0.332 e. The highest BCUT2D eigenvalue weighted by Crippen LogP contribution is 2.26. The van der Waals surface area contributed by atoms with Gasteiger partial charge in [0.05, 0.1) is 44.1 Å². The van der Waals surface area contributed by atoms with Crippen molar-refractivity contribution in [3.05, 3.63) is 70.4 Å². The van der Waals surface area contributed by atoms with Gasteiger partial charge in [-0.1, -0.05) is 29.8 Å². The molecule has 4 rings (SSSR count). The Labute approximate surface area is 185 Å². The number of hydrogen-bond acceptors (Lipinski definition) is 2. The molecule has 1 fully saturated rings. The average Bonchev–Trinajstić information content (AvgIpc) is 3.20. The number of nitrogens with zero attached hydrogens (tertiary/aromatic N) is 3. The van der Waals surface area contributed by atoms with Crippen LogP contribution in [-0.2, 0) is 0 Å². The topological polar surface area (TPSA) is 42.6 Å². The lowest BCUT2D eigenvalue weighted by Crippen LogP contribution is -3.14. The number of benzene rings is 2. The van der Waals surface area contributed by atoms with Crippen molar-refractivity contribution in [2.45, 2.75) is 34.6 Å². The summed E-state index contributed by atoms with van der Waals surface area (Å²) in [6.45, 7) is 15.3. The van der Waals surface area contributed by atoms with Gasteiger partial charge in [-0.25, -0.2) is 4.68 Å². The molecule has 2 aromatic carbocycles. The van der Waals surface area contributed by atoms with E-state index in [0.29, 0.717) is 5.69 Å². The number of piperazine rings is 1. The molecule has 0 saturated carbocycles. The number of likely N-dealkylation sites (N-methyl/N-ethyl adjacent to an activating group) is 1. The normalized spacial score (nSPS) is 14.8. The second-order valence-electron chi connectivity index (χ2n) is 8.81. The summed E-state index contributed by atoms with van der Waals surface area (Å²) >= 11 is 0. The number of nitrogens with one attached hydrogen (secondary N) is 1. The van der Waals surface area contributed by atoms with Crippen molar-refractivity contribution >= 4 is 5.91 Å². The number of aryl methyl sites for hydroxylation is 4. The second-order valence-corrected chi connectivity index (χ2v) is 8.81. The lowest BCUT2D eigenvalue weighted by Gasteiger charge is -2.31.